The molecule has 31 heavy (non-hydrogen) atoms. The minimum atomic E-state index is -0.898. The number of para-hydroxylation sites is 1. The van der Waals surface area contributed by atoms with Crippen molar-refractivity contribution in [3.63, 3.8) is 0 Å². The molecule has 0 radical (unpaired) electrons. The van der Waals surface area contributed by atoms with Crippen molar-refractivity contribution in [2.75, 3.05) is 0 Å². The summed E-state index contributed by atoms with van der Waals surface area (Å²) in [4.78, 5) is 11.2. The number of ether oxygens (including phenoxy) is 1. The van der Waals surface area contributed by atoms with Crippen LogP contribution in [0, 0.1) is 23.7 Å². The summed E-state index contributed by atoms with van der Waals surface area (Å²) in [5, 5.41) is 21.7. The lowest BCUT2D eigenvalue weighted by Crippen LogP contribution is -2.22. The number of aliphatic hydroxyl groups excluding tert-OH is 1. The van der Waals surface area contributed by atoms with Gasteiger partial charge < -0.3 is 14.9 Å². The fourth-order valence-electron chi connectivity index (χ4n) is 4.36. The fraction of sp³-hybridized carbons (Fsp3) is 0.296. The van der Waals surface area contributed by atoms with Crippen LogP contribution in [0.4, 0.5) is 0 Å². The summed E-state index contributed by atoms with van der Waals surface area (Å²) in [6, 6.07) is 24.1. The number of hydrogen-bond donors (Lipinski definition) is 2. The van der Waals surface area contributed by atoms with E-state index in [4.69, 9.17) is 4.74 Å². The van der Waals surface area contributed by atoms with Gasteiger partial charge in [-0.05, 0) is 41.3 Å². The Kier molecular flexibility index (Phi) is 6.54. The smallest absolute Gasteiger partial charge is 0.303 e. The van der Waals surface area contributed by atoms with Gasteiger partial charge >= 0.3 is 5.97 Å². The Labute approximate surface area is 182 Å². The largest absolute Gasteiger partial charge is 0.481 e. The monoisotopic (exact) mass is 414 g/mol. The second-order valence-corrected chi connectivity index (χ2v) is 8.06. The molecule has 0 aromatic heterocycles. The summed E-state index contributed by atoms with van der Waals surface area (Å²) in [6.45, 7) is 0. The highest BCUT2D eigenvalue weighted by molar-refractivity contribution is 5.85. The number of carboxylic acid groups (broad SMARTS) is 1. The Morgan fingerprint density at radius 2 is 1.74 bits per heavy atom. The molecule has 3 aromatic rings. The van der Waals surface area contributed by atoms with E-state index in [9.17, 15) is 15.0 Å². The van der Waals surface area contributed by atoms with Crippen LogP contribution in [0.2, 0.25) is 0 Å². The van der Waals surface area contributed by atoms with Crippen LogP contribution in [-0.2, 0) is 11.2 Å². The molecule has 1 fully saturated rings. The van der Waals surface area contributed by atoms with Gasteiger partial charge in [-0.3, -0.25) is 4.79 Å². The molecule has 4 heteroatoms. The minimum absolute atomic E-state index is 0.0615. The van der Waals surface area contributed by atoms with E-state index >= 15 is 0 Å². The molecule has 0 saturated heterocycles. The van der Waals surface area contributed by atoms with Gasteiger partial charge in [0.1, 0.15) is 5.75 Å². The van der Waals surface area contributed by atoms with E-state index in [1.165, 1.54) is 10.8 Å². The molecule has 4 atom stereocenters. The molecule has 0 spiro atoms. The van der Waals surface area contributed by atoms with E-state index in [-0.39, 0.29) is 24.4 Å². The summed E-state index contributed by atoms with van der Waals surface area (Å²) in [6.07, 6.45) is 0.859. The second kappa shape index (κ2) is 9.68. The van der Waals surface area contributed by atoms with E-state index < -0.39 is 12.1 Å². The molecular weight excluding hydrogens is 388 g/mol. The highest BCUT2D eigenvalue weighted by Gasteiger charge is 2.35. The third-order valence-corrected chi connectivity index (χ3v) is 5.93. The molecule has 4 unspecified atom stereocenters. The van der Waals surface area contributed by atoms with Crippen LogP contribution >= 0.6 is 0 Å². The van der Waals surface area contributed by atoms with Crippen LogP contribution in [0.5, 0.6) is 5.75 Å². The molecule has 1 aliphatic rings. The molecule has 1 aliphatic carbocycles. The zero-order chi connectivity index (χ0) is 21.6. The van der Waals surface area contributed by atoms with Crippen molar-refractivity contribution >= 4 is 16.7 Å². The van der Waals surface area contributed by atoms with Crippen LogP contribution in [0.3, 0.4) is 0 Å². The first-order valence-corrected chi connectivity index (χ1v) is 10.7. The zero-order valence-corrected chi connectivity index (χ0v) is 17.3. The van der Waals surface area contributed by atoms with Crippen molar-refractivity contribution < 1.29 is 19.7 Å². The first kappa shape index (κ1) is 21.0. The van der Waals surface area contributed by atoms with Gasteiger partial charge in [-0.1, -0.05) is 72.5 Å². The van der Waals surface area contributed by atoms with Crippen molar-refractivity contribution in [1.29, 1.82) is 0 Å². The lowest BCUT2D eigenvalue weighted by Gasteiger charge is -2.18. The maximum absolute atomic E-state index is 11.2. The highest BCUT2D eigenvalue weighted by atomic mass is 16.5. The van der Waals surface area contributed by atoms with Gasteiger partial charge in [0.2, 0.25) is 0 Å². The Morgan fingerprint density at radius 3 is 2.55 bits per heavy atom. The SMILES string of the molecule is O=C(O)CC1C(O)CCC1C#CC(Cc1cccc2ccccc12)Oc1ccccc1. The van der Waals surface area contributed by atoms with Gasteiger partial charge in [0, 0.05) is 18.3 Å². The number of benzene rings is 3. The Bertz CT molecular complexity index is 1090. The molecule has 0 aliphatic heterocycles. The number of rotatable bonds is 6. The quantitative estimate of drug-likeness (QED) is 0.574. The number of hydrogen-bond acceptors (Lipinski definition) is 3. The number of carboxylic acids is 1. The summed E-state index contributed by atoms with van der Waals surface area (Å²) >= 11 is 0. The standard InChI is InChI=1S/C27H26O4/c28-26-16-14-20(25(26)18-27(29)30)13-15-23(31-22-10-2-1-3-11-22)17-21-9-6-8-19-7-4-5-12-24(19)21/h1-12,20,23,25-26,28H,14,16-18H2,(H,29,30). The van der Waals surface area contributed by atoms with Crippen molar-refractivity contribution in [3.8, 4) is 17.6 Å². The van der Waals surface area contributed by atoms with E-state index in [0.29, 0.717) is 19.3 Å². The Morgan fingerprint density at radius 1 is 1.00 bits per heavy atom. The lowest BCUT2D eigenvalue weighted by atomic mass is 9.91. The molecule has 4 rings (SSSR count). The van der Waals surface area contributed by atoms with Gasteiger partial charge in [-0.2, -0.15) is 0 Å². The maximum atomic E-state index is 11.2. The highest BCUT2D eigenvalue weighted by Crippen LogP contribution is 2.34. The summed E-state index contributed by atoms with van der Waals surface area (Å²) in [7, 11) is 0. The van der Waals surface area contributed by atoms with Crippen molar-refractivity contribution in [1.82, 2.24) is 0 Å². The number of aliphatic carboxylic acids is 1. The van der Waals surface area contributed by atoms with Crippen molar-refractivity contribution in [3.05, 3.63) is 78.4 Å². The molecule has 158 valence electrons. The predicted molar refractivity (Wildman–Crippen MR) is 121 cm³/mol. The van der Waals surface area contributed by atoms with Gasteiger partial charge in [0.15, 0.2) is 6.10 Å². The first-order valence-electron chi connectivity index (χ1n) is 10.7. The summed E-state index contributed by atoms with van der Waals surface area (Å²) in [5.74, 6) is 5.91. The number of aliphatic hydroxyl groups is 1. The van der Waals surface area contributed by atoms with E-state index in [1.54, 1.807) is 0 Å². The van der Waals surface area contributed by atoms with E-state index in [2.05, 4.69) is 36.1 Å². The normalized spacial score (nSPS) is 21.3. The molecule has 0 bridgehead atoms. The van der Waals surface area contributed by atoms with Crippen LogP contribution in [-0.4, -0.2) is 28.4 Å². The Hall–Kier alpha value is -3.29. The average Bonchev–Trinajstić information content (AvgIpc) is 3.12. The molecular formula is C27H26O4. The minimum Gasteiger partial charge on any atom is -0.481 e. The molecule has 0 heterocycles. The van der Waals surface area contributed by atoms with Gasteiger partial charge in [0.25, 0.3) is 0 Å². The Balaban J connectivity index is 1.61. The zero-order valence-electron chi connectivity index (χ0n) is 17.3. The maximum Gasteiger partial charge on any atom is 0.303 e. The van der Waals surface area contributed by atoms with Gasteiger partial charge in [0.05, 0.1) is 12.5 Å². The van der Waals surface area contributed by atoms with Crippen LogP contribution in [0.1, 0.15) is 24.8 Å². The van der Waals surface area contributed by atoms with Gasteiger partial charge in [-0.15, -0.1) is 0 Å². The molecule has 1 saturated carbocycles. The molecule has 3 aromatic carbocycles. The van der Waals surface area contributed by atoms with Gasteiger partial charge in [-0.25, -0.2) is 0 Å². The van der Waals surface area contributed by atoms with E-state index in [1.807, 2.05) is 48.5 Å². The third-order valence-electron chi connectivity index (χ3n) is 5.93. The topological polar surface area (TPSA) is 66.8 Å². The molecule has 4 nitrogen and oxygen atoms in total. The van der Waals surface area contributed by atoms with Crippen LogP contribution in [0.15, 0.2) is 72.8 Å². The summed E-state index contributed by atoms with van der Waals surface area (Å²) in [5.41, 5.74) is 1.15. The molecule has 2 N–H and O–H groups in total. The van der Waals surface area contributed by atoms with E-state index in [0.717, 1.165) is 11.3 Å². The third kappa shape index (κ3) is 5.25. The van der Waals surface area contributed by atoms with Crippen LogP contribution < -0.4 is 4.74 Å². The average molecular weight is 415 g/mol. The molecule has 0 amide bonds. The predicted octanol–water partition coefficient (Wildman–Crippen LogP) is 4.70. The summed E-state index contributed by atoms with van der Waals surface area (Å²) < 4.78 is 6.22. The van der Waals surface area contributed by atoms with Crippen molar-refractivity contribution in [2.24, 2.45) is 11.8 Å². The number of carbonyl (C=O) groups is 1. The van der Waals surface area contributed by atoms with Crippen LogP contribution in [0.25, 0.3) is 10.8 Å². The second-order valence-electron chi connectivity index (χ2n) is 8.06. The van der Waals surface area contributed by atoms with Crippen molar-refractivity contribution in [2.45, 2.75) is 37.9 Å². The fourth-order valence-corrected chi connectivity index (χ4v) is 4.36. The number of fused-ring (bicyclic) bond motifs is 1. The lowest BCUT2D eigenvalue weighted by molar-refractivity contribution is -0.139. The first-order chi connectivity index (χ1) is 15.1.